The van der Waals surface area contributed by atoms with Crippen molar-refractivity contribution in [3.05, 3.63) is 0 Å². The van der Waals surface area contributed by atoms with E-state index in [2.05, 4.69) is 9.07 Å². The van der Waals surface area contributed by atoms with Gasteiger partial charge in [-0.1, -0.05) is 0 Å². The molecule has 0 radical (unpaired) electrons. The number of hydrogen-bond donors (Lipinski definition) is 2. The van der Waals surface area contributed by atoms with E-state index in [-0.39, 0.29) is 0 Å². The second kappa shape index (κ2) is 3.48. The number of nitrogens with zero attached hydrogens (tertiary/aromatic N) is 1. The van der Waals surface area contributed by atoms with Gasteiger partial charge in [-0.3, -0.25) is 0 Å². The van der Waals surface area contributed by atoms with Crippen molar-refractivity contribution in [3.63, 3.8) is 0 Å². The second-order valence-electron chi connectivity index (χ2n) is 0.956. The average Bonchev–Trinajstić information content (AvgIpc) is 1.84. The van der Waals surface area contributed by atoms with Crippen molar-refractivity contribution in [2.24, 2.45) is 0 Å². The largest absolute Gasteiger partial charge is 0.479 e. The summed E-state index contributed by atoms with van der Waals surface area (Å²) in [5, 5.41) is 7.75. The normalized spacial score (nSPS) is 15.6. The Morgan fingerprint density at radius 2 is 2.44 bits per heavy atom. The molecule has 8 heteroatoms. The van der Waals surface area contributed by atoms with Gasteiger partial charge in [-0.15, -0.1) is 0 Å². The van der Waals surface area contributed by atoms with E-state index in [4.69, 9.17) is 10.2 Å². The summed E-state index contributed by atoms with van der Waals surface area (Å²) in [6.07, 6.45) is 1.27. The lowest BCUT2D eigenvalue weighted by Gasteiger charge is -2.04. The lowest BCUT2D eigenvalue weighted by Crippen LogP contribution is -2.05. The molecule has 0 bridgehead atoms. The fraction of sp³-hybridized carbons (Fsp3) is 0. The molecule has 6 nitrogen and oxygen atoms in total. The molecule has 9 heavy (non-hydrogen) atoms. The quantitative estimate of drug-likeness (QED) is 0.170. The van der Waals surface area contributed by atoms with Crippen LogP contribution >= 0.6 is 7.82 Å². The third kappa shape index (κ3) is 4.00. The minimum atomic E-state index is -4.02. The zero-order chi connectivity index (χ0) is 7.33. The minimum Gasteiger partial charge on any atom is -0.357 e. The summed E-state index contributed by atoms with van der Waals surface area (Å²) in [6.45, 7) is 0. The molecule has 0 aliphatic heterocycles. The van der Waals surface area contributed by atoms with Crippen LogP contribution in [0.5, 0.6) is 0 Å². The molecule has 50 valence electrons. The lowest BCUT2D eigenvalue weighted by molar-refractivity contribution is 0.166. The first-order chi connectivity index (χ1) is 4.12. The van der Waals surface area contributed by atoms with Crippen LogP contribution in [0.2, 0.25) is 0 Å². The molecule has 0 spiro atoms. The van der Waals surface area contributed by atoms with Gasteiger partial charge < -0.3 is 9.33 Å². The van der Waals surface area contributed by atoms with Gasteiger partial charge >= 0.3 is 7.82 Å². The number of rotatable bonds is 3. The maximum atomic E-state index is 10.2. The molecule has 1 unspecified atom stereocenters. The Labute approximate surface area is 52.4 Å². The molecule has 2 N–H and O–H groups in total. The summed E-state index contributed by atoms with van der Waals surface area (Å²) in [6, 6.07) is 0. The second-order valence-corrected chi connectivity index (χ2v) is 2.44. The molecule has 0 heterocycles. The first-order valence-corrected chi connectivity index (χ1v) is 3.33. The van der Waals surface area contributed by atoms with E-state index in [9.17, 15) is 4.57 Å². The standard InChI is InChI=1S/CH4BN2O4P/c2-7-9(5,6)8-4-1-3/h4H,2H2,(H,5,6). The number of nitriles is 1. The van der Waals surface area contributed by atoms with Crippen molar-refractivity contribution in [3.8, 4) is 6.19 Å². The molecule has 0 aliphatic carbocycles. The van der Waals surface area contributed by atoms with E-state index >= 15 is 0 Å². The monoisotopic (exact) mass is 150 g/mol. The van der Waals surface area contributed by atoms with Crippen LogP contribution in [0.4, 0.5) is 0 Å². The van der Waals surface area contributed by atoms with Gasteiger partial charge in [-0.25, -0.2) is 4.57 Å². The van der Waals surface area contributed by atoms with Crippen molar-refractivity contribution in [2.75, 3.05) is 0 Å². The van der Waals surface area contributed by atoms with Gasteiger partial charge in [0.05, 0.1) is 0 Å². The molecule has 1 atom stereocenters. The van der Waals surface area contributed by atoms with Gasteiger partial charge in [0.15, 0.2) is 0 Å². The summed E-state index contributed by atoms with van der Waals surface area (Å²) >= 11 is 0. The minimum absolute atomic E-state index is 0.986. The molecule has 0 amide bonds. The molecule has 0 saturated carbocycles. The van der Waals surface area contributed by atoms with Gasteiger partial charge in [-0.05, 0) is 0 Å². The first kappa shape index (κ1) is 8.46. The van der Waals surface area contributed by atoms with Crippen LogP contribution in [0.3, 0.4) is 0 Å². The van der Waals surface area contributed by atoms with Crippen molar-refractivity contribution >= 4 is 15.9 Å². The van der Waals surface area contributed by atoms with E-state index < -0.39 is 7.82 Å². The van der Waals surface area contributed by atoms with E-state index in [1.54, 1.807) is 0 Å². The Morgan fingerprint density at radius 3 is 2.78 bits per heavy atom. The van der Waals surface area contributed by atoms with Crippen LogP contribution in [0.1, 0.15) is 0 Å². The molecule has 0 rings (SSSR count). The highest BCUT2D eigenvalue weighted by molar-refractivity contribution is 7.48. The maximum Gasteiger partial charge on any atom is 0.479 e. The van der Waals surface area contributed by atoms with Crippen LogP contribution in [0.15, 0.2) is 0 Å². The van der Waals surface area contributed by atoms with Crippen molar-refractivity contribution in [2.45, 2.75) is 0 Å². The first-order valence-electron chi connectivity index (χ1n) is 1.83. The summed E-state index contributed by atoms with van der Waals surface area (Å²) in [5.74, 6) is 0. The Kier molecular flexibility index (Phi) is 3.28. The van der Waals surface area contributed by atoms with Crippen LogP contribution in [-0.2, 0) is 13.6 Å². The van der Waals surface area contributed by atoms with Crippen LogP contribution in [-0.4, -0.2) is 12.9 Å². The third-order valence-corrected chi connectivity index (χ3v) is 1.22. The summed E-state index contributed by atoms with van der Waals surface area (Å²) < 4.78 is 18.0. The van der Waals surface area contributed by atoms with E-state index in [0.717, 1.165) is 8.05 Å². The fourth-order valence-electron chi connectivity index (χ4n) is 0.115. The SMILES string of the molecule is BOP(=O)(O)ONC#N. The molecule has 0 aromatic heterocycles. The van der Waals surface area contributed by atoms with E-state index in [0.29, 0.717) is 0 Å². The van der Waals surface area contributed by atoms with Crippen molar-refractivity contribution < 1.29 is 18.5 Å². The summed E-state index contributed by atoms with van der Waals surface area (Å²) in [4.78, 5) is 8.35. The van der Waals surface area contributed by atoms with Gasteiger partial charge in [0.2, 0.25) is 6.19 Å². The highest BCUT2D eigenvalue weighted by Crippen LogP contribution is 2.39. The predicted molar refractivity (Wildman–Crippen MR) is 29.3 cm³/mol. The van der Waals surface area contributed by atoms with E-state index in [1.807, 2.05) is 0 Å². The Bertz CT molecular complexity index is 164. The Balaban J connectivity index is 3.63. The lowest BCUT2D eigenvalue weighted by atomic mass is 10.6. The molecular formula is CH4BN2O4P. The third-order valence-electron chi connectivity index (χ3n) is 0.437. The Morgan fingerprint density at radius 1 is 1.89 bits per heavy atom. The molecule has 0 fully saturated rings. The van der Waals surface area contributed by atoms with Crippen LogP contribution in [0, 0.1) is 11.5 Å². The van der Waals surface area contributed by atoms with Crippen LogP contribution in [0.25, 0.3) is 0 Å². The summed E-state index contributed by atoms with van der Waals surface area (Å²) in [5.41, 5.74) is 1.51. The van der Waals surface area contributed by atoms with Gasteiger partial charge in [0.1, 0.15) is 0 Å². The number of hydroxylamine groups is 1. The topological polar surface area (TPSA) is 91.6 Å². The average molecular weight is 150 g/mol. The molecule has 0 aromatic carbocycles. The zero-order valence-electron chi connectivity index (χ0n) is 4.57. The van der Waals surface area contributed by atoms with Gasteiger partial charge in [0.25, 0.3) is 8.05 Å². The molecule has 0 saturated heterocycles. The van der Waals surface area contributed by atoms with Crippen molar-refractivity contribution in [1.82, 2.24) is 5.48 Å². The highest BCUT2D eigenvalue weighted by Gasteiger charge is 2.17. The summed E-state index contributed by atoms with van der Waals surface area (Å²) in [7, 11) is -3.04. The predicted octanol–water partition coefficient (Wildman–Crippen LogP) is -1.35. The number of phosphoric acid groups is 1. The molecule has 0 aliphatic rings. The van der Waals surface area contributed by atoms with Crippen LogP contribution < -0.4 is 5.48 Å². The highest BCUT2D eigenvalue weighted by atomic mass is 31.2. The Hall–Kier alpha value is -0.535. The number of nitrogens with one attached hydrogen (secondary N) is 1. The molecule has 0 aromatic rings. The smallest absolute Gasteiger partial charge is 0.357 e. The maximum absolute atomic E-state index is 10.2. The molecular weight excluding hydrogens is 146 g/mol. The number of hydrogen-bond acceptors (Lipinski definition) is 5. The van der Waals surface area contributed by atoms with E-state index in [1.165, 1.54) is 11.7 Å². The fourth-order valence-corrected chi connectivity index (χ4v) is 0.346. The van der Waals surface area contributed by atoms with Crippen molar-refractivity contribution in [1.29, 1.82) is 5.26 Å². The zero-order valence-corrected chi connectivity index (χ0v) is 5.46. The van der Waals surface area contributed by atoms with Gasteiger partial charge in [-0.2, -0.15) is 15.4 Å². The van der Waals surface area contributed by atoms with Gasteiger partial charge in [0, 0.05) is 0 Å².